The van der Waals surface area contributed by atoms with Crippen LogP contribution in [0.2, 0.25) is 5.02 Å². The van der Waals surface area contributed by atoms with Crippen molar-refractivity contribution in [2.24, 2.45) is 0 Å². The van der Waals surface area contributed by atoms with Gasteiger partial charge in [-0.25, -0.2) is 0 Å². The Morgan fingerprint density at radius 3 is 2.87 bits per heavy atom. The van der Waals surface area contributed by atoms with Gasteiger partial charge in [-0.2, -0.15) is 0 Å². The monoisotopic (exact) mass is 225 g/mol. The zero-order chi connectivity index (χ0) is 10.7. The summed E-state index contributed by atoms with van der Waals surface area (Å²) in [6, 6.07) is 6.36. The normalized spacial score (nSPS) is 21.3. The zero-order valence-electron chi connectivity index (χ0n) is 8.92. The third kappa shape index (κ3) is 2.64. The lowest BCUT2D eigenvalue weighted by Crippen LogP contribution is -2.26. The molecule has 3 heteroatoms. The molecule has 0 aromatic heterocycles. The first-order valence-corrected chi connectivity index (χ1v) is 5.75. The number of nitrogens with one attached hydrogen (secondary N) is 1. The molecule has 0 spiro atoms. The fourth-order valence-electron chi connectivity index (χ4n) is 2.04. The maximum atomic E-state index is 6.04. The van der Waals surface area contributed by atoms with Gasteiger partial charge in [0.05, 0.1) is 7.11 Å². The Hall–Kier alpha value is -0.730. The summed E-state index contributed by atoms with van der Waals surface area (Å²) in [4.78, 5) is 0. The van der Waals surface area contributed by atoms with Gasteiger partial charge in [0.25, 0.3) is 0 Å². The van der Waals surface area contributed by atoms with Gasteiger partial charge in [0.1, 0.15) is 5.75 Å². The molecule has 1 aliphatic heterocycles. The van der Waals surface area contributed by atoms with Crippen molar-refractivity contribution in [3.05, 3.63) is 28.8 Å². The van der Waals surface area contributed by atoms with Gasteiger partial charge >= 0.3 is 0 Å². The molecule has 1 aromatic rings. The molecule has 0 aliphatic carbocycles. The van der Waals surface area contributed by atoms with Crippen molar-refractivity contribution in [3.8, 4) is 5.75 Å². The van der Waals surface area contributed by atoms with E-state index >= 15 is 0 Å². The number of benzene rings is 1. The van der Waals surface area contributed by atoms with Crippen molar-refractivity contribution in [2.45, 2.75) is 25.3 Å². The van der Waals surface area contributed by atoms with E-state index in [1.807, 2.05) is 12.1 Å². The number of methoxy groups -OCH3 is 1. The minimum Gasteiger partial charge on any atom is -0.497 e. The molecule has 0 bridgehead atoms. The fourth-order valence-corrected chi connectivity index (χ4v) is 2.27. The highest BCUT2D eigenvalue weighted by molar-refractivity contribution is 6.30. The Morgan fingerprint density at radius 2 is 2.20 bits per heavy atom. The third-order valence-electron chi connectivity index (χ3n) is 2.84. The first kappa shape index (κ1) is 10.8. The highest BCUT2D eigenvalue weighted by atomic mass is 35.5. The molecule has 15 heavy (non-hydrogen) atoms. The largest absolute Gasteiger partial charge is 0.497 e. The standard InChI is InChI=1S/C12H16ClNO/c1-15-11-7-9(6-10(13)8-11)12-4-2-3-5-14-12/h6-8,12,14H,2-5H2,1H3/t12-/m1/s1. The molecule has 2 nitrogen and oxygen atoms in total. The molecule has 1 atom stereocenters. The number of ether oxygens (including phenoxy) is 1. The Morgan fingerprint density at radius 1 is 1.33 bits per heavy atom. The Bertz CT molecular complexity index is 334. The van der Waals surface area contributed by atoms with Crippen molar-refractivity contribution in [1.82, 2.24) is 5.32 Å². The lowest BCUT2D eigenvalue weighted by molar-refractivity contribution is 0.400. The van der Waals surface area contributed by atoms with Crippen molar-refractivity contribution >= 4 is 11.6 Å². The summed E-state index contributed by atoms with van der Waals surface area (Å²) in [6.07, 6.45) is 3.74. The average Bonchev–Trinajstić information content (AvgIpc) is 2.29. The van der Waals surface area contributed by atoms with Crippen LogP contribution in [0.4, 0.5) is 0 Å². The van der Waals surface area contributed by atoms with E-state index in [1.165, 1.54) is 24.8 Å². The molecule has 0 unspecified atom stereocenters. The molecule has 82 valence electrons. The Balaban J connectivity index is 2.22. The van der Waals surface area contributed by atoms with Gasteiger partial charge in [0.15, 0.2) is 0 Å². The molecule has 1 heterocycles. The quantitative estimate of drug-likeness (QED) is 0.835. The fraction of sp³-hybridized carbons (Fsp3) is 0.500. The number of hydrogen-bond donors (Lipinski definition) is 1. The molecule has 0 amide bonds. The molecule has 1 N–H and O–H groups in total. The van der Waals surface area contributed by atoms with Gasteiger partial charge in [-0.3, -0.25) is 0 Å². The van der Waals surface area contributed by atoms with Gasteiger partial charge < -0.3 is 10.1 Å². The topological polar surface area (TPSA) is 21.3 Å². The molecular formula is C12H16ClNO. The Labute approximate surface area is 95.6 Å². The summed E-state index contributed by atoms with van der Waals surface area (Å²) >= 11 is 6.04. The van der Waals surface area contributed by atoms with Crippen LogP contribution in [0.3, 0.4) is 0 Å². The summed E-state index contributed by atoms with van der Waals surface area (Å²) < 4.78 is 5.21. The second-order valence-electron chi connectivity index (χ2n) is 3.93. The van der Waals surface area contributed by atoms with E-state index in [-0.39, 0.29) is 0 Å². The summed E-state index contributed by atoms with van der Waals surface area (Å²) in [5.41, 5.74) is 1.24. The predicted molar refractivity (Wildman–Crippen MR) is 62.6 cm³/mol. The van der Waals surface area contributed by atoms with Gasteiger partial charge in [0.2, 0.25) is 0 Å². The second-order valence-corrected chi connectivity index (χ2v) is 4.36. The maximum Gasteiger partial charge on any atom is 0.120 e. The summed E-state index contributed by atoms with van der Waals surface area (Å²) in [5.74, 6) is 0.838. The van der Waals surface area contributed by atoms with Crippen LogP contribution in [0.5, 0.6) is 5.75 Å². The molecule has 1 fully saturated rings. The van der Waals surface area contributed by atoms with E-state index in [2.05, 4.69) is 11.4 Å². The predicted octanol–water partition coefficient (Wildman–Crippen LogP) is 3.16. The summed E-state index contributed by atoms with van der Waals surface area (Å²) in [7, 11) is 1.67. The highest BCUT2D eigenvalue weighted by Gasteiger charge is 2.15. The molecule has 1 aliphatic rings. The zero-order valence-corrected chi connectivity index (χ0v) is 9.68. The van der Waals surface area contributed by atoms with Crippen LogP contribution in [-0.4, -0.2) is 13.7 Å². The van der Waals surface area contributed by atoms with E-state index in [9.17, 15) is 0 Å². The number of rotatable bonds is 2. The van der Waals surface area contributed by atoms with E-state index in [0.717, 1.165) is 17.3 Å². The van der Waals surface area contributed by atoms with Crippen LogP contribution in [0.15, 0.2) is 18.2 Å². The summed E-state index contributed by atoms with van der Waals surface area (Å²) in [6.45, 7) is 1.10. The van der Waals surface area contributed by atoms with Gasteiger partial charge in [-0.05, 0) is 43.1 Å². The van der Waals surface area contributed by atoms with E-state index in [1.54, 1.807) is 7.11 Å². The molecule has 1 aromatic carbocycles. The molecule has 2 rings (SSSR count). The minimum absolute atomic E-state index is 0.436. The van der Waals surface area contributed by atoms with Crippen molar-refractivity contribution in [3.63, 3.8) is 0 Å². The highest BCUT2D eigenvalue weighted by Crippen LogP contribution is 2.29. The SMILES string of the molecule is COc1cc(Cl)cc([C@H]2CCCCN2)c1. The number of halogens is 1. The van der Waals surface area contributed by atoms with E-state index < -0.39 is 0 Å². The molecular weight excluding hydrogens is 210 g/mol. The number of piperidine rings is 1. The van der Waals surface area contributed by atoms with E-state index in [0.29, 0.717) is 6.04 Å². The van der Waals surface area contributed by atoms with Gasteiger partial charge in [-0.1, -0.05) is 18.0 Å². The first-order valence-electron chi connectivity index (χ1n) is 5.37. The third-order valence-corrected chi connectivity index (χ3v) is 3.06. The Kier molecular flexibility index (Phi) is 3.49. The molecule has 0 radical (unpaired) electrons. The van der Waals surface area contributed by atoms with Crippen molar-refractivity contribution in [2.75, 3.05) is 13.7 Å². The molecule has 0 saturated carbocycles. The van der Waals surface area contributed by atoms with Crippen LogP contribution >= 0.6 is 11.6 Å². The van der Waals surface area contributed by atoms with Crippen LogP contribution in [0, 0.1) is 0 Å². The molecule has 1 saturated heterocycles. The van der Waals surface area contributed by atoms with Gasteiger partial charge in [-0.15, -0.1) is 0 Å². The maximum absolute atomic E-state index is 6.04. The smallest absolute Gasteiger partial charge is 0.120 e. The van der Waals surface area contributed by atoms with Crippen LogP contribution in [-0.2, 0) is 0 Å². The lowest BCUT2D eigenvalue weighted by atomic mass is 9.97. The van der Waals surface area contributed by atoms with Crippen LogP contribution in [0.25, 0.3) is 0 Å². The number of hydrogen-bond acceptors (Lipinski definition) is 2. The average molecular weight is 226 g/mol. The first-order chi connectivity index (χ1) is 7.29. The van der Waals surface area contributed by atoms with Crippen molar-refractivity contribution in [1.29, 1.82) is 0 Å². The minimum atomic E-state index is 0.436. The van der Waals surface area contributed by atoms with Crippen molar-refractivity contribution < 1.29 is 4.74 Å². The van der Waals surface area contributed by atoms with Crippen LogP contribution < -0.4 is 10.1 Å². The van der Waals surface area contributed by atoms with Gasteiger partial charge in [0, 0.05) is 11.1 Å². The van der Waals surface area contributed by atoms with Crippen LogP contribution in [0.1, 0.15) is 30.9 Å². The second kappa shape index (κ2) is 4.86. The lowest BCUT2D eigenvalue weighted by Gasteiger charge is -2.24. The summed E-state index contributed by atoms with van der Waals surface area (Å²) in [5, 5.41) is 4.25. The van der Waals surface area contributed by atoms with E-state index in [4.69, 9.17) is 16.3 Å².